The number of hydrogen-bond acceptors (Lipinski definition) is 10. The minimum atomic E-state index is -5.78. The van der Waals surface area contributed by atoms with E-state index in [0.29, 0.717) is 0 Å². The Morgan fingerprint density at radius 1 is 1.26 bits per heavy atom. The summed E-state index contributed by atoms with van der Waals surface area (Å²) in [5, 5.41) is 22.0. The minimum Gasteiger partial charge on any atom is -0.385 e. The fraction of sp³-hybridized carbons (Fsp3) is 0.727. The third-order valence-corrected chi connectivity index (χ3v) is 7.69. The van der Waals surface area contributed by atoms with Crippen LogP contribution in [0.2, 0.25) is 0 Å². The smallest absolute Gasteiger partial charge is 0.385 e. The van der Waals surface area contributed by atoms with Gasteiger partial charge in [0.05, 0.1) is 6.61 Å². The molecule has 2 heterocycles. The molecule has 6 atom stereocenters. The zero-order valence-electron chi connectivity index (χ0n) is 15.5. The van der Waals surface area contributed by atoms with E-state index in [1.54, 1.807) is 0 Å². The quantitative estimate of drug-likeness (QED) is 0.189. The largest absolute Gasteiger partial charge is 0.490 e. The number of aliphatic hydroxyl groups excluding tert-OH is 1. The minimum absolute atomic E-state index is 0.600. The summed E-state index contributed by atoms with van der Waals surface area (Å²) < 4.78 is 64.5. The lowest BCUT2D eigenvalue weighted by Gasteiger charge is -2.35. The molecule has 0 aromatic heterocycles. The molecule has 2 aliphatic rings. The molecular weight excluding hydrogens is 496 g/mol. The first-order chi connectivity index (χ1) is 13.9. The van der Waals surface area contributed by atoms with Gasteiger partial charge in [-0.05, 0) is 13.0 Å². The van der Waals surface area contributed by atoms with Crippen molar-refractivity contribution in [3.8, 4) is 0 Å². The number of carbonyl (C=O) groups is 1. The Morgan fingerprint density at radius 3 is 2.39 bits per heavy atom. The van der Waals surface area contributed by atoms with Gasteiger partial charge in [0.15, 0.2) is 6.23 Å². The van der Waals surface area contributed by atoms with Crippen LogP contribution in [-0.4, -0.2) is 77.7 Å². The van der Waals surface area contributed by atoms with E-state index < -0.39 is 72.9 Å². The molecule has 0 bridgehead atoms. The molecule has 1 saturated heterocycles. The van der Waals surface area contributed by atoms with Crippen molar-refractivity contribution in [1.82, 2.24) is 10.2 Å². The number of phosphoric ester groups is 1. The SMILES string of the molecule is C[C@@]1(O)C[C@@](CF)(COP(=O)(O)OP(=O)(O)OP(=O)(O)O)O[C@H]1N1C=CC(O)NC1=O. The zero-order chi connectivity index (χ0) is 23.9. The Kier molecular flexibility index (Phi) is 7.58. The van der Waals surface area contributed by atoms with Crippen LogP contribution in [-0.2, 0) is 31.6 Å². The fourth-order valence-corrected chi connectivity index (χ4v) is 5.98. The number of rotatable bonds is 9. The Balaban J connectivity index is 2.13. The molecule has 1 fully saturated rings. The van der Waals surface area contributed by atoms with Crippen LogP contribution in [0.5, 0.6) is 0 Å². The number of alkyl halides is 1. The van der Waals surface area contributed by atoms with Crippen molar-refractivity contribution >= 4 is 29.5 Å². The second kappa shape index (κ2) is 8.88. The van der Waals surface area contributed by atoms with Crippen LogP contribution in [0.3, 0.4) is 0 Å². The molecule has 0 aromatic carbocycles. The monoisotopic (exact) mass is 516 g/mol. The van der Waals surface area contributed by atoms with Gasteiger partial charge in [0, 0.05) is 12.6 Å². The highest BCUT2D eigenvalue weighted by atomic mass is 31.3. The number of nitrogens with zero attached hydrogens (tertiary/aromatic N) is 1. The van der Waals surface area contributed by atoms with Gasteiger partial charge < -0.3 is 39.8 Å². The number of phosphoric acid groups is 3. The summed E-state index contributed by atoms with van der Waals surface area (Å²) in [6.07, 6.45) is -1.29. The van der Waals surface area contributed by atoms with Gasteiger partial charge in [0.25, 0.3) is 0 Å². The molecule has 180 valence electrons. The van der Waals surface area contributed by atoms with Crippen LogP contribution < -0.4 is 5.32 Å². The Bertz CT molecular complexity index is 878. The first-order valence-corrected chi connectivity index (χ1v) is 12.6. The molecule has 0 spiro atoms. The first-order valence-electron chi connectivity index (χ1n) is 8.09. The highest BCUT2D eigenvalue weighted by Crippen LogP contribution is 2.66. The number of carbonyl (C=O) groups excluding carboxylic acids is 1. The lowest BCUT2D eigenvalue weighted by Crippen LogP contribution is -2.55. The number of aliphatic hydroxyl groups is 2. The first kappa shape index (κ1) is 26.5. The van der Waals surface area contributed by atoms with Crippen molar-refractivity contribution in [3.63, 3.8) is 0 Å². The molecule has 0 aromatic rings. The predicted octanol–water partition coefficient (Wildman–Crippen LogP) is -0.607. The van der Waals surface area contributed by atoms with Crippen LogP contribution in [0, 0.1) is 0 Å². The van der Waals surface area contributed by atoms with Crippen molar-refractivity contribution < 1.29 is 70.5 Å². The summed E-state index contributed by atoms with van der Waals surface area (Å²) in [4.78, 5) is 48.4. The van der Waals surface area contributed by atoms with Crippen molar-refractivity contribution in [2.24, 2.45) is 0 Å². The molecule has 2 aliphatic heterocycles. The molecule has 16 nitrogen and oxygen atoms in total. The standard InChI is InChI=1S/C11H20FN2O14P3/c1-10(17)4-11(5-12,26-8(10)14-3-2-7(15)13-9(14)16)6-25-30(21,22)28-31(23,24)27-29(18,19)20/h2-3,7-8,15,17H,4-6H2,1H3,(H,13,16)(H,21,22)(H,23,24)(H2,18,19,20)/t7?,8-,10-,11-/m1/s1. The number of nitrogens with one attached hydrogen (secondary N) is 1. The third-order valence-electron chi connectivity index (χ3n) is 3.91. The lowest BCUT2D eigenvalue weighted by atomic mass is 9.92. The molecule has 7 N–H and O–H groups in total. The van der Waals surface area contributed by atoms with Gasteiger partial charge in [-0.3, -0.25) is 9.42 Å². The molecule has 3 unspecified atom stereocenters. The number of halogens is 1. The Hall–Kier alpha value is -0.770. The maximum Gasteiger partial charge on any atom is 0.490 e. The van der Waals surface area contributed by atoms with Crippen molar-refractivity contribution in [3.05, 3.63) is 12.3 Å². The summed E-state index contributed by atoms with van der Waals surface area (Å²) in [5.41, 5.74) is -4.08. The summed E-state index contributed by atoms with van der Waals surface area (Å²) in [5.74, 6) is 0. The van der Waals surface area contributed by atoms with E-state index in [0.717, 1.165) is 24.1 Å². The molecular formula is C11H20FN2O14P3. The zero-order valence-corrected chi connectivity index (χ0v) is 18.2. The van der Waals surface area contributed by atoms with Gasteiger partial charge in [-0.2, -0.15) is 8.62 Å². The molecule has 20 heteroatoms. The number of hydrogen-bond donors (Lipinski definition) is 7. The molecule has 0 saturated carbocycles. The van der Waals surface area contributed by atoms with Gasteiger partial charge in [0.2, 0.25) is 0 Å². The van der Waals surface area contributed by atoms with Gasteiger partial charge in [-0.25, -0.2) is 22.9 Å². The van der Waals surface area contributed by atoms with E-state index in [1.165, 1.54) is 0 Å². The average Bonchev–Trinajstić information content (AvgIpc) is 2.81. The van der Waals surface area contributed by atoms with Crippen molar-refractivity contribution in [2.75, 3.05) is 13.3 Å². The maximum absolute atomic E-state index is 13.8. The third kappa shape index (κ3) is 7.11. The summed E-state index contributed by atoms with van der Waals surface area (Å²) in [7, 11) is -16.9. The molecule has 2 rings (SSSR count). The van der Waals surface area contributed by atoms with Crippen molar-refractivity contribution in [1.29, 1.82) is 0 Å². The van der Waals surface area contributed by atoms with Gasteiger partial charge >= 0.3 is 29.5 Å². The van der Waals surface area contributed by atoms with Crippen LogP contribution in [0.4, 0.5) is 9.18 Å². The molecule has 0 aliphatic carbocycles. The van der Waals surface area contributed by atoms with E-state index in [2.05, 4.69) is 18.5 Å². The maximum atomic E-state index is 13.8. The van der Waals surface area contributed by atoms with Crippen LogP contribution in [0.1, 0.15) is 13.3 Å². The highest BCUT2D eigenvalue weighted by molar-refractivity contribution is 7.66. The topological polar surface area (TPSA) is 242 Å². The highest BCUT2D eigenvalue weighted by Gasteiger charge is 2.57. The molecule has 0 radical (unpaired) electrons. The van der Waals surface area contributed by atoms with E-state index in [1.807, 2.05) is 0 Å². The van der Waals surface area contributed by atoms with E-state index in [-0.39, 0.29) is 0 Å². The van der Waals surface area contributed by atoms with Crippen LogP contribution in [0.15, 0.2) is 12.3 Å². The van der Waals surface area contributed by atoms with Gasteiger partial charge in [0.1, 0.15) is 24.1 Å². The van der Waals surface area contributed by atoms with Crippen LogP contribution >= 0.6 is 23.5 Å². The summed E-state index contributed by atoms with van der Waals surface area (Å²) in [6, 6.07) is -0.914. The lowest BCUT2D eigenvalue weighted by molar-refractivity contribution is -0.137. The van der Waals surface area contributed by atoms with Gasteiger partial charge in [-0.15, -0.1) is 0 Å². The second-order valence-corrected chi connectivity index (χ2v) is 11.2. The Morgan fingerprint density at radius 2 is 1.87 bits per heavy atom. The second-order valence-electron chi connectivity index (χ2n) is 6.83. The van der Waals surface area contributed by atoms with Crippen LogP contribution in [0.25, 0.3) is 0 Å². The summed E-state index contributed by atoms with van der Waals surface area (Å²) in [6.45, 7) is -1.44. The Labute approximate surface area is 173 Å². The number of amides is 2. The van der Waals surface area contributed by atoms with E-state index in [4.69, 9.17) is 19.4 Å². The van der Waals surface area contributed by atoms with E-state index in [9.17, 15) is 38.0 Å². The number of urea groups is 1. The normalized spacial score (nSPS) is 35.5. The van der Waals surface area contributed by atoms with E-state index >= 15 is 0 Å². The molecule has 2 amide bonds. The van der Waals surface area contributed by atoms with Gasteiger partial charge in [-0.1, -0.05) is 0 Å². The van der Waals surface area contributed by atoms with Crippen molar-refractivity contribution in [2.45, 2.75) is 37.0 Å². The molecule has 31 heavy (non-hydrogen) atoms. The summed E-state index contributed by atoms with van der Waals surface area (Å²) >= 11 is 0. The predicted molar refractivity (Wildman–Crippen MR) is 94.2 cm³/mol. The fourth-order valence-electron chi connectivity index (χ4n) is 2.88. The average molecular weight is 516 g/mol. The number of ether oxygens (including phenoxy) is 1.